The van der Waals surface area contributed by atoms with Crippen molar-refractivity contribution in [1.29, 1.82) is 0 Å². The van der Waals surface area contributed by atoms with Crippen LogP contribution < -0.4 is 10.3 Å². The van der Waals surface area contributed by atoms with E-state index in [1.54, 1.807) is 23.9 Å². The van der Waals surface area contributed by atoms with Gasteiger partial charge in [0.1, 0.15) is 5.65 Å². The van der Waals surface area contributed by atoms with E-state index in [1.165, 1.54) is 0 Å². The Bertz CT molecular complexity index is 2020. The van der Waals surface area contributed by atoms with Crippen LogP contribution in [0.1, 0.15) is 24.0 Å². The van der Waals surface area contributed by atoms with Gasteiger partial charge in [-0.05, 0) is 36.6 Å². The monoisotopic (exact) mass is 671 g/mol. The maximum atomic E-state index is 13.3. The van der Waals surface area contributed by atoms with Crippen molar-refractivity contribution in [2.45, 2.75) is 38.1 Å². The lowest BCUT2D eigenvalue weighted by Crippen LogP contribution is -2.27. The molecule has 2 N–H and O–H groups in total. The molecule has 2 aliphatic heterocycles. The minimum absolute atomic E-state index is 0.125. The summed E-state index contributed by atoms with van der Waals surface area (Å²) in [5.74, 6) is 0.524. The van der Waals surface area contributed by atoms with Crippen molar-refractivity contribution in [2.75, 3.05) is 33.3 Å². The highest BCUT2D eigenvalue weighted by atomic mass is 35.5. The Hall–Kier alpha value is -3.83. The van der Waals surface area contributed by atoms with Crippen LogP contribution in [0.3, 0.4) is 0 Å². The number of fused-ring (bicyclic) bond motifs is 1. The Morgan fingerprint density at radius 1 is 0.830 bits per heavy atom. The second-order valence-corrected chi connectivity index (χ2v) is 13.0. The van der Waals surface area contributed by atoms with E-state index in [9.17, 15) is 15.0 Å². The van der Waals surface area contributed by atoms with Gasteiger partial charge in [0.05, 0.1) is 40.6 Å². The molecular formula is C36H35Cl2N5O4. The number of likely N-dealkylation sites (tertiary alicyclic amines) is 2. The lowest BCUT2D eigenvalue weighted by atomic mass is 9.97. The number of ether oxygens (including phenoxy) is 1. The van der Waals surface area contributed by atoms with Crippen LogP contribution in [0.2, 0.25) is 10.0 Å². The van der Waals surface area contributed by atoms with E-state index in [4.69, 9.17) is 32.9 Å². The Balaban J connectivity index is 1.18. The molecule has 5 aromatic rings. The Kier molecular flexibility index (Phi) is 9.02. The van der Waals surface area contributed by atoms with Crippen molar-refractivity contribution in [3.63, 3.8) is 0 Å². The maximum absolute atomic E-state index is 13.3. The predicted molar refractivity (Wildman–Crippen MR) is 184 cm³/mol. The zero-order chi connectivity index (χ0) is 32.7. The summed E-state index contributed by atoms with van der Waals surface area (Å²) < 4.78 is 7.21. The number of halogens is 2. The first kappa shape index (κ1) is 31.8. The first-order valence-corrected chi connectivity index (χ1v) is 16.5. The highest BCUT2D eigenvalue weighted by molar-refractivity contribution is 6.39. The summed E-state index contributed by atoms with van der Waals surface area (Å²) in [6, 6.07) is 19.3. The number of β-amino-alcohol motifs (C(OH)–C–C–N with tert-alkyl or cyclic N) is 2. The molecule has 7 rings (SSSR count). The summed E-state index contributed by atoms with van der Waals surface area (Å²) in [5, 5.41) is 20.8. The lowest BCUT2D eigenvalue weighted by Gasteiger charge is -2.18. The topological polar surface area (TPSA) is 103 Å². The molecule has 0 spiro atoms. The van der Waals surface area contributed by atoms with E-state index in [0.717, 1.165) is 52.9 Å². The van der Waals surface area contributed by atoms with Gasteiger partial charge < -0.3 is 14.9 Å². The summed E-state index contributed by atoms with van der Waals surface area (Å²) in [5.41, 5.74) is 6.49. The van der Waals surface area contributed by atoms with Crippen LogP contribution in [-0.2, 0) is 13.1 Å². The van der Waals surface area contributed by atoms with E-state index in [1.807, 2.05) is 60.7 Å². The maximum Gasteiger partial charge on any atom is 0.262 e. The number of benzene rings is 2. The zero-order valence-electron chi connectivity index (χ0n) is 25.9. The van der Waals surface area contributed by atoms with E-state index >= 15 is 0 Å². The molecule has 5 heterocycles. The van der Waals surface area contributed by atoms with Crippen LogP contribution in [0.5, 0.6) is 5.88 Å². The van der Waals surface area contributed by atoms with Crippen LogP contribution in [0.4, 0.5) is 0 Å². The molecule has 0 radical (unpaired) electrons. The molecule has 242 valence electrons. The van der Waals surface area contributed by atoms with Crippen LogP contribution in [0.15, 0.2) is 77.9 Å². The normalized spacial score (nSPS) is 18.7. The Morgan fingerprint density at radius 2 is 1.45 bits per heavy atom. The molecule has 2 saturated heterocycles. The fourth-order valence-electron chi connectivity index (χ4n) is 6.60. The van der Waals surface area contributed by atoms with Crippen LogP contribution in [0, 0.1) is 0 Å². The fraction of sp³-hybridized carbons (Fsp3) is 0.306. The molecular weight excluding hydrogens is 637 g/mol. The molecule has 9 nitrogen and oxygen atoms in total. The van der Waals surface area contributed by atoms with Gasteiger partial charge in [-0.2, -0.15) is 0 Å². The number of pyridine rings is 2. The molecule has 0 unspecified atom stereocenters. The molecule has 0 aliphatic carbocycles. The zero-order valence-corrected chi connectivity index (χ0v) is 27.5. The van der Waals surface area contributed by atoms with Gasteiger partial charge in [-0.1, -0.05) is 65.7 Å². The summed E-state index contributed by atoms with van der Waals surface area (Å²) in [6.07, 6.45) is 4.20. The van der Waals surface area contributed by atoms with Gasteiger partial charge in [-0.3, -0.25) is 19.0 Å². The average molecular weight is 673 g/mol. The minimum Gasteiger partial charge on any atom is -0.481 e. The second-order valence-electron chi connectivity index (χ2n) is 12.3. The predicted octanol–water partition coefficient (Wildman–Crippen LogP) is 5.54. The van der Waals surface area contributed by atoms with Crippen LogP contribution in [0.25, 0.3) is 39.2 Å². The fourth-order valence-corrected chi connectivity index (χ4v) is 7.26. The SMILES string of the molecule is COc1nc(-c2cccc(-c3cccc(-c4ccn5c(=O)c(CN6CC[C@H](O)C6)cnc5c4)c3Cl)c2Cl)ccc1CN1CC[C@H](O)C1. The molecule has 11 heteroatoms. The van der Waals surface area contributed by atoms with E-state index in [2.05, 4.69) is 14.8 Å². The van der Waals surface area contributed by atoms with Crippen molar-refractivity contribution >= 4 is 28.8 Å². The molecule has 47 heavy (non-hydrogen) atoms. The van der Waals surface area contributed by atoms with Crippen molar-refractivity contribution in [3.8, 4) is 39.4 Å². The van der Waals surface area contributed by atoms with Gasteiger partial charge in [0.25, 0.3) is 5.56 Å². The molecule has 2 fully saturated rings. The number of hydrogen-bond acceptors (Lipinski definition) is 8. The quantitative estimate of drug-likeness (QED) is 0.222. The third-order valence-electron chi connectivity index (χ3n) is 9.07. The number of aliphatic hydroxyl groups is 2. The van der Waals surface area contributed by atoms with Crippen molar-refractivity contribution < 1.29 is 14.9 Å². The number of aliphatic hydroxyl groups excluding tert-OH is 2. The minimum atomic E-state index is -0.347. The smallest absolute Gasteiger partial charge is 0.262 e. The highest BCUT2D eigenvalue weighted by Gasteiger charge is 2.23. The van der Waals surface area contributed by atoms with Gasteiger partial charge in [0.15, 0.2) is 0 Å². The molecule has 2 atom stereocenters. The molecule has 2 aromatic carbocycles. The standard InChI is InChI=1S/C36H35Cl2N5O4/c1-47-35-23(18-41-13-11-25(44)20-41)8-9-31(40-35)30-7-3-6-29(34(30)38)28-5-2-4-27(33(28)37)22-10-15-43-32(16-22)39-17-24(36(43)46)19-42-14-12-26(45)21-42/h2-10,15-17,25-26,44-45H,11-14,18-21H2,1H3/t25-,26-/m0/s1. The molecule has 2 aliphatic rings. The van der Waals surface area contributed by atoms with Gasteiger partial charge >= 0.3 is 0 Å². The first-order chi connectivity index (χ1) is 22.8. The largest absolute Gasteiger partial charge is 0.481 e. The van der Waals surface area contributed by atoms with Crippen LogP contribution in [-0.4, -0.2) is 79.9 Å². The molecule has 0 amide bonds. The summed E-state index contributed by atoms with van der Waals surface area (Å²) >= 11 is 14.2. The summed E-state index contributed by atoms with van der Waals surface area (Å²) in [4.78, 5) is 26.9. The summed E-state index contributed by atoms with van der Waals surface area (Å²) in [7, 11) is 1.61. The Morgan fingerprint density at radius 3 is 2.09 bits per heavy atom. The number of hydrogen-bond donors (Lipinski definition) is 2. The number of methoxy groups -OCH3 is 1. The first-order valence-electron chi connectivity index (χ1n) is 15.7. The van der Waals surface area contributed by atoms with E-state index in [-0.39, 0.29) is 17.8 Å². The van der Waals surface area contributed by atoms with E-state index in [0.29, 0.717) is 65.4 Å². The number of rotatable bonds is 8. The van der Waals surface area contributed by atoms with E-state index < -0.39 is 0 Å². The molecule has 0 saturated carbocycles. The second kappa shape index (κ2) is 13.4. The number of nitrogens with zero attached hydrogens (tertiary/aromatic N) is 5. The van der Waals surface area contributed by atoms with Crippen molar-refractivity contribution in [2.24, 2.45) is 0 Å². The van der Waals surface area contributed by atoms with Gasteiger partial charge in [-0.25, -0.2) is 9.97 Å². The van der Waals surface area contributed by atoms with Crippen LogP contribution >= 0.6 is 23.2 Å². The van der Waals surface area contributed by atoms with Crippen molar-refractivity contribution in [1.82, 2.24) is 24.2 Å². The third kappa shape index (κ3) is 6.39. The molecule has 3 aromatic heterocycles. The lowest BCUT2D eigenvalue weighted by molar-refractivity contribution is 0.174. The average Bonchev–Trinajstić information content (AvgIpc) is 3.69. The highest BCUT2D eigenvalue weighted by Crippen LogP contribution is 2.42. The van der Waals surface area contributed by atoms with Gasteiger partial charge in [0.2, 0.25) is 5.88 Å². The van der Waals surface area contributed by atoms with Crippen molar-refractivity contribution in [3.05, 3.63) is 105 Å². The molecule has 0 bridgehead atoms. The third-order valence-corrected chi connectivity index (χ3v) is 9.89. The van der Waals surface area contributed by atoms with Gasteiger partial charge in [0, 0.05) is 79.5 Å². The summed E-state index contributed by atoms with van der Waals surface area (Å²) in [6.45, 7) is 3.89. The Labute approximate surface area is 282 Å². The number of aromatic nitrogens is 3. The van der Waals surface area contributed by atoms with Gasteiger partial charge in [-0.15, -0.1) is 0 Å².